The lowest BCUT2D eigenvalue weighted by Gasteiger charge is -2.12. The quantitative estimate of drug-likeness (QED) is 0.318. The molecule has 0 aliphatic carbocycles. The Morgan fingerprint density at radius 3 is 2.43 bits per heavy atom. The van der Waals surface area contributed by atoms with Crippen LogP contribution in [0.3, 0.4) is 0 Å². The second-order valence-electron chi connectivity index (χ2n) is 6.46. The summed E-state index contributed by atoms with van der Waals surface area (Å²) in [6.07, 6.45) is 0. The molecule has 3 aromatic carbocycles. The van der Waals surface area contributed by atoms with Crippen LogP contribution in [0.2, 0.25) is 0 Å². The fourth-order valence-corrected chi connectivity index (χ4v) is 3.66. The Labute approximate surface area is 162 Å². The van der Waals surface area contributed by atoms with E-state index in [1.54, 1.807) is 26.4 Å². The third-order valence-corrected chi connectivity index (χ3v) is 4.97. The van der Waals surface area contributed by atoms with E-state index in [1.165, 1.54) is 0 Å². The van der Waals surface area contributed by atoms with E-state index in [2.05, 4.69) is 9.99 Å². The van der Waals surface area contributed by atoms with Gasteiger partial charge in [0.25, 0.3) is 5.91 Å². The van der Waals surface area contributed by atoms with Crippen LogP contribution in [0.4, 0.5) is 0 Å². The van der Waals surface area contributed by atoms with Gasteiger partial charge in [0, 0.05) is 22.8 Å². The Hall–Kier alpha value is -3.51. The van der Waals surface area contributed by atoms with Crippen molar-refractivity contribution in [2.75, 3.05) is 14.2 Å². The Morgan fingerprint density at radius 2 is 1.75 bits per heavy atom. The van der Waals surface area contributed by atoms with Gasteiger partial charge in [0.1, 0.15) is 11.5 Å². The molecule has 0 saturated carbocycles. The highest BCUT2D eigenvalue weighted by atomic mass is 16.5. The van der Waals surface area contributed by atoms with E-state index in [-0.39, 0.29) is 5.91 Å². The minimum Gasteiger partial charge on any atom is -0.497 e. The third kappa shape index (κ3) is 2.84. The predicted octanol–water partition coefficient (Wildman–Crippen LogP) is 3.46. The molecule has 0 unspecified atom stereocenters. The molecule has 6 heteroatoms. The Bertz CT molecular complexity index is 1160. The SMILES string of the molecule is COc1ccc(Cn2c3ccccc3c3c(C(=O)NN)ccc(OC)c32)cc1. The zero-order chi connectivity index (χ0) is 19.7. The van der Waals surface area contributed by atoms with E-state index in [0.717, 1.165) is 33.1 Å². The monoisotopic (exact) mass is 375 g/mol. The molecule has 4 aromatic rings. The standard InChI is InChI=1S/C22H21N3O3/c1-27-15-9-7-14(8-10-15)13-25-18-6-4-3-5-16(18)20-17(22(26)24-23)11-12-19(28-2)21(20)25/h3-12H,13,23H2,1-2H3,(H,24,26). The number of rotatable bonds is 5. The van der Waals surface area contributed by atoms with Crippen LogP contribution in [-0.2, 0) is 6.54 Å². The molecule has 0 bridgehead atoms. The summed E-state index contributed by atoms with van der Waals surface area (Å²) in [6.45, 7) is 0.623. The summed E-state index contributed by atoms with van der Waals surface area (Å²) in [5, 5.41) is 1.80. The summed E-state index contributed by atoms with van der Waals surface area (Å²) in [6, 6.07) is 19.5. The minimum atomic E-state index is -0.333. The van der Waals surface area contributed by atoms with E-state index < -0.39 is 0 Å². The first kappa shape index (κ1) is 17.9. The van der Waals surface area contributed by atoms with Crippen LogP contribution in [0.5, 0.6) is 11.5 Å². The lowest BCUT2D eigenvalue weighted by Crippen LogP contribution is -2.30. The third-order valence-electron chi connectivity index (χ3n) is 4.97. The molecule has 0 atom stereocenters. The van der Waals surface area contributed by atoms with E-state index >= 15 is 0 Å². The first-order chi connectivity index (χ1) is 13.7. The fourth-order valence-electron chi connectivity index (χ4n) is 3.66. The second-order valence-corrected chi connectivity index (χ2v) is 6.46. The summed E-state index contributed by atoms with van der Waals surface area (Å²) in [4.78, 5) is 12.4. The molecule has 0 fully saturated rings. The highest BCUT2D eigenvalue weighted by Gasteiger charge is 2.20. The molecule has 1 amide bonds. The number of ether oxygens (including phenoxy) is 2. The first-order valence-electron chi connectivity index (χ1n) is 8.89. The van der Waals surface area contributed by atoms with Crippen LogP contribution in [0.1, 0.15) is 15.9 Å². The van der Waals surface area contributed by atoms with Gasteiger partial charge in [-0.3, -0.25) is 10.2 Å². The lowest BCUT2D eigenvalue weighted by atomic mass is 10.1. The summed E-state index contributed by atoms with van der Waals surface area (Å²) in [5.74, 6) is 6.60. The van der Waals surface area contributed by atoms with Gasteiger partial charge in [-0.05, 0) is 35.9 Å². The number of fused-ring (bicyclic) bond motifs is 3. The number of hydrogen-bond acceptors (Lipinski definition) is 4. The van der Waals surface area contributed by atoms with Crippen molar-refractivity contribution in [3.05, 3.63) is 71.8 Å². The molecule has 6 nitrogen and oxygen atoms in total. The van der Waals surface area contributed by atoms with Crippen LogP contribution < -0.4 is 20.7 Å². The number of nitrogen functional groups attached to an aromatic ring is 1. The van der Waals surface area contributed by atoms with Gasteiger partial charge in [-0.15, -0.1) is 0 Å². The molecule has 0 aliphatic rings. The number of nitrogens with two attached hydrogens (primary N) is 1. The van der Waals surface area contributed by atoms with Gasteiger partial charge in [0.2, 0.25) is 0 Å². The maximum atomic E-state index is 12.4. The van der Waals surface area contributed by atoms with E-state index in [0.29, 0.717) is 17.9 Å². The summed E-state index contributed by atoms with van der Waals surface area (Å²) in [5.41, 5.74) is 5.75. The number of carbonyl (C=O) groups excluding carboxylic acids is 1. The average molecular weight is 375 g/mol. The van der Waals surface area contributed by atoms with Crippen molar-refractivity contribution in [3.63, 3.8) is 0 Å². The summed E-state index contributed by atoms with van der Waals surface area (Å²) < 4.78 is 13.1. The zero-order valence-electron chi connectivity index (χ0n) is 15.7. The molecule has 1 heterocycles. The van der Waals surface area contributed by atoms with E-state index in [9.17, 15) is 4.79 Å². The number of para-hydroxylation sites is 1. The molecule has 0 saturated heterocycles. The molecular weight excluding hydrogens is 354 g/mol. The maximum Gasteiger partial charge on any atom is 0.265 e. The number of nitrogens with zero attached hydrogens (tertiary/aromatic N) is 1. The molecule has 28 heavy (non-hydrogen) atoms. The molecule has 142 valence electrons. The Morgan fingerprint density at radius 1 is 1.00 bits per heavy atom. The molecule has 3 N–H and O–H groups in total. The fraction of sp³-hybridized carbons (Fsp3) is 0.136. The van der Waals surface area contributed by atoms with Crippen molar-refractivity contribution in [2.45, 2.75) is 6.54 Å². The van der Waals surface area contributed by atoms with Crippen molar-refractivity contribution in [1.29, 1.82) is 0 Å². The average Bonchev–Trinajstić information content (AvgIpc) is 3.08. The normalized spacial score (nSPS) is 11.0. The predicted molar refractivity (Wildman–Crippen MR) is 110 cm³/mol. The van der Waals surface area contributed by atoms with Gasteiger partial charge in [-0.1, -0.05) is 30.3 Å². The van der Waals surface area contributed by atoms with Crippen molar-refractivity contribution < 1.29 is 14.3 Å². The number of benzene rings is 3. The van der Waals surface area contributed by atoms with Gasteiger partial charge in [-0.25, -0.2) is 5.84 Å². The van der Waals surface area contributed by atoms with Crippen LogP contribution in [0, 0.1) is 0 Å². The highest BCUT2D eigenvalue weighted by molar-refractivity contribution is 6.19. The second kappa shape index (κ2) is 7.25. The smallest absolute Gasteiger partial charge is 0.265 e. The van der Waals surface area contributed by atoms with Crippen molar-refractivity contribution in [3.8, 4) is 11.5 Å². The van der Waals surface area contributed by atoms with Crippen LogP contribution in [0.25, 0.3) is 21.8 Å². The molecule has 1 aromatic heterocycles. The zero-order valence-corrected chi connectivity index (χ0v) is 15.7. The van der Waals surface area contributed by atoms with Crippen molar-refractivity contribution >= 4 is 27.7 Å². The number of methoxy groups -OCH3 is 2. The molecule has 0 aliphatic heterocycles. The molecule has 4 rings (SSSR count). The number of nitrogens with one attached hydrogen (secondary N) is 1. The van der Waals surface area contributed by atoms with Crippen LogP contribution >= 0.6 is 0 Å². The van der Waals surface area contributed by atoms with E-state index in [1.807, 2.05) is 48.5 Å². The number of aromatic nitrogens is 1. The number of hydrazine groups is 1. The van der Waals surface area contributed by atoms with Crippen LogP contribution in [-0.4, -0.2) is 24.7 Å². The lowest BCUT2D eigenvalue weighted by molar-refractivity contribution is 0.0955. The number of amides is 1. The van der Waals surface area contributed by atoms with Crippen molar-refractivity contribution in [2.24, 2.45) is 5.84 Å². The minimum absolute atomic E-state index is 0.333. The number of carbonyl (C=O) groups is 1. The largest absolute Gasteiger partial charge is 0.497 e. The maximum absolute atomic E-state index is 12.4. The molecule has 0 radical (unpaired) electrons. The molecule has 0 spiro atoms. The van der Waals surface area contributed by atoms with Gasteiger partial charge in [0.15, 0.2) is 0 Å². The highest BCUT2D eigenvalue weighted by Crippen LogP contribution is 2.37. The van der Waals surface area contributed by atoms with Crippen molar-refractivity contribution in [1.82, 2.24) is 9.99 Å². The Kier molecular flexibility index (Phi) is 4.63. The van der Waals surface area contributed by atoms with Gasteiger partial charge < -0.3 is 14.0 Å². The van der Waals surface area contributed by atoms with Gasteiger partial charge in [-0.2, -0.15) is 0 Å². The van der Waals surface area contributed by atoms with E-state index in [4.69, 9.17) is 15.3 Å². The summed E-state index contributed by atoms with van der Waals surface area (Å²) >= 11 is 0. The molecular formula is C22H21N3O3. The first-order valence-corrected chi connectivity index (χ1v) is 8.89. The Balaban J connectivity index is 2.01. The topological polar surface area (TPSA) is 78.5 Å². The van der Waals surface area contributed by atoms with Gasteiger partial charge >= 0.3 is 0 Å². The van der Waals surface area contributed by atoms with Crippen LogP contribution in [0.15, 0.2) is 60.7 Å². The summed E-state index contributed by atoms with van der Waals surface area (Å²) in [7, 11) is 3.28. The van der Waals surface area contributed by atoms with Gasteiger partial charge in [0.05, 0.1) is 25.3 Å². The number of hydrogen-bond donors (Lipinski definition) is 2.